The summed E-state index contributed by atoms with van der Waals surface area (Å²) in [6.45, 7) is 6.15. The molecular weight excluding hydrogens is 282 g/mol. The number of ether oxygens (including phenoxy) is 2. The maximum absolute atomic E-state index is 12.8. The number of anilines is 1. The van der Waals surface area contributed by atoms with Crippen molar-refractivity contribution in [1.82, 2.24) is 0 Å². The van der Waals surface area contributed by atoms with E-state index in [9.17, 15) is 9.59 Å². The number of hydrogen-bond acceptors (Lipinski definition) is 5. The van der Waals surface area contributed by atoms with E-state index in [4.69, 9.17) is 9.47 Å². The van der Waals surface area contributed by atoms with Crippen LogP contribution in [0.4, 0.5) is 5.69 Å². The standard InChI is InChI=1S/C17H21NO4/c1-16(2,3)22-15(20)17-14(19)8-10-18(17)13-7-5-4-6-12(13)9-11-21-17/h4-7H,8-11H2,1-3H3. The zero-order valence-corrected chi connectivity index (χ0v) is 13.2. The molecule has 0 N–H and O–H groups in total. The van der Waals surface area contributed by atoms with Crippen LogP contribution in [-0.2, 0) is 25.5 Å². The number of esters is 1. The zero-order valence-electron chi connectivity index (χ0n) is 13.2. The highest BCUT2D eigenvalue weighted by Crippen LogP contribution is 2.39. The summed E-state index contributed by atoms with van der Waals surface area (Å²) < 4.78 is 11.3. The van der Waals surface area contributed by atoms with Crippen molar-refractivity contribution in [3.63, 3.8) is 0 Å². The Balaban J connectivity index is 2.07. The van der Waals surface area contributed by atoms with Crippen molar-refractivity contribution >= 4 is 17.4 Å². The molecule has 5 nitrogen and oxygen atoms in total. The van der Waals surface area contributed by atoms with Gasteiger partial charge in [0.05, 0.1) is 6.61 Å². The van der Waals surface area contributed by atoms with Crippen LogP contribution in [0.5, 0.6) is 0 Å². The first-order valence-corrected chi connectivity index (χ1v) is 7.61. The van der Waals surface area contributed by atoms with Crippen LogP contribution < -0.4 is 4.90 Å². The third-order valence-corrected chi connectivity index (χ3v) is 3.96. The van der Waals surface area contributed by atoms with Gasteiger partial charge in [0.1, 0.15) is 5.60 Å². The van der Waals surface area contributed by atoms with Crippen molar-refractivity contribution in [2.75, 3.05) is 18.1 Å². The summed E-state index contributed by atoms with van der Waals surface area (Å²) in [5.74, 6) is -0.836. The van der Waals surface area contributed by atoms with Crippen LogP contribution in [-0.4, -0.2) is 36.2 Å². The predicted octanol–water partition coefficient (Wildman–Crippen LogP) is 2.08. The Bertz CT molecular complexity index is 619. The van der Waals surface area contributed by atoms with Crippen molar-refractivity contribution in [3.05, 3.63) is 29.8 Å². The monoisotopic (exact) mass is 303 g/mol. The molecule has 1 saturated heterocycles. The van der Waals surface area contributed by atoms with Gasteiger partial charge < -0.3 is 14.4 Å². The first-order valence-electron chi connectivity index (χ1n) is 7.61. The maximum Gasteiger partial charge on any atom is 0.368 e. The molecule has 1 aromatic carbocycles. The molecule has 0 radical (unpaired) electrons. The number of rotatable bonds is 1. The molecule has 2 heterocycles. The van der Waals surface area contributed by atoms with Crippen LogP contribution in [0.15, 0.2) is 24.3 Å². The molecule has 0 aliphatic carbocycles. The molecule has 0 bridgehead atoms. The number of Topliss-reactive ketones (excluding diaryl/α,β-unsaturated/α-hetero) is 1. The Kier molecular flexibility index (Phi) is 3.48. The molecule has 0 saturated carbocycles. The zero-order chi connectivity index (χ0) is 16.0. The van der Waals surface area contributed by atoms with Crippen molar-refractivity contribution < 1.29 is 19.1 Å². The van der Waals surface area contributed by atoms with Gasteiger partial charge in [0, 0.05) is 18.7 Å². The van der Waals surface area contributed by atoms with Crippen molar-refractivity contribution in [3.8, 4) is 0 Å². The second kappa shape index (κ2) is 5.09. The van der Waals surface area contributed by atoms with E-state index in [1.807, 2.05) is 24.3 Å². The maximum atomic E-state index is 12.8. The van der Waals surface area contributed by atoms with E-state index in [1.54, 1.807) is 25.7 Å². The quantitative estimate of drug-likeness (QED) is 0.587. The van der Waals surface area contributed by atoms with E-state index in [0.29, 0.717) is 19.6 Å². The fraction of sp³-hybridized carbons (Fsp3) is 0.529. The fourth-order valence-electron chi connectivity index (χ4n) is 3.06. The van der Waals surface area contributed by atoms with Gasteiger partial charge in [0.15, 0.2) is 5.78 Å². The summed E-state index contributed by atoms with van der Waals surface area (Å²) in [4.78, 5) is 27.1. The molecule has 0 spiro atoms. The minimum Gasteiger partial charge on any atom is -0.456 e. The summed E-state index contributed by atoms with van der Waals surface area (Å²) in [6.07, 6.45) is 0.956. The highest BCUT2D eigenvalue weighted by atomic mass is 16.6. The van der Waals surface area contributed by atoms with E-state index in [-0.39, 0.29) is 12.2 Å². The van der Waals surface area contributed by atoms with Crippen LogP contribution in [0.25, 0.3) is 0 Å². The molecule has 118 valence electrons. The summed E-state index contributed by atoms with van der Waals surface area (Å²) >= 11 is 0. The van der Waals surface area contributed by atoms with Crippen molar-refractivity contribution in [2.45, 2.75) is 44.9 Å². The van der Waals surface area contributed by atoms with Crippen molar-refractivity contribution in [2.24, 2.45) is 0 Å². The molecule has 1 fully saturated rings. The molecule has 2 aliphatic heterocycles. The van der Waals surface area contributed by atoms with E-state index in [2.05, 4.69) is 0 Å². The minimum atomic E-state index is -1.63. The largest absolute Gasteiger partial charge is 0.456 e. The highest BCUT2D eigenvalue weighted by molar-refractivity contribution is 6.12. The Labute approximate surface area is 130 Å². The summed E-state index contributed by atoms with van der Waals surface area (Å²) in [5.41, 5.74) is -0.325. The fourth-order valence-corrected chi connectivity index (χ4v) is 3.06. The van der Waals surface area contributed by atoms with Gasteiger partial charge in [-0.2, -0.15) is 0 Å². The number of para-hydroxylation sites is 1. The Morgan fingerprint density at radius 2 is 2.00 bits per heavy atom. The Hall–Kier alpha value is -1.88. The molecule has 0 amide bonds. The molecular formula is C17H21NO4. The van der Waals surface area contributed by atoms with E-state index >= 15 is 0 Å². The number of ketones is 1. The molecule has 0 aromatic heterocycles. The average molecular weight is 303 g/mol. The second-order valence-corrected chi connectivity index (χ2v) is 6.70. The lowest BCUT2D eigenvalue weighted by Crippen LogP contribution is -2.59. The lowest BCUT2D eigenvalue weighted by atomic mass is 10.1. The summed E-state index contributed by atoms with van der Waals surface area (Å²) in [7, 11) is 0. The minimum absolute atomic E-state index is 0.224. The molecule has 1 aromatic rings. The van der Waals surface area contributed by atoms with Gasteiger partial charge in [0.2, 0.25) is 0 Å². The third kappa shape index (κ3) is 2.29. The third-order valence-electron chi connectivity index (χ3n) is 3.96. The topological polar surface area (TPSA) is 55.8 Å². The first-order chi connectivity index (χ1) is 10.3. The van der Waals surface area contributed by atoms with Gasteiger partial charge in [-0.3, -0.25) is 4.79 Å². The number of carbonyl (C=O) groups excluding carboxylic acids is 2. The highest BCUT2D eigenvalue weighted by Gasteiger charge is 2.59. The normalized spacial score (nSPS) is 24.5. The number of nitrogens with zero attached hydrogens (tertiary/aromatic N) is 1. The lowest BCUT2D eigenvalue weighted by molar-refractivity contribution is -0.183. The Morgan fingerprint density at radius 1 is 1.27 bits per heavy atom. The van der Waals surface area contributed by atoms with Gasteiger partial charge in [-0.25, -0.2) is 4.79 Å². The molecule has 5 heteroatoms. The number of carbonyl (C=O) groups is 2. The number of fused-ring (bicyclic) bond motifs is 3. The smallest absolute Gasteiger partial charge is 0.368 e. The van der Waals surface area contributed by atoms with Gasteiger partial charge in [-0.05, 0) is 38.8 Å². The van der Waals surface area contributed by atoms with Gasteiger partial charge in [-0.1, -0.05) is 18.2 Å². The van der Waals surface area contributed by atoms with Gasteiger partial charge in [0.25, 0.3) is 0 Å². The van der Waals surface area contributed by atoms with Crippen LogP contribution in [0.2, 0.25) is 0 Å². The van der Waals surface area contributed by atoms with Gasteiger partial charge >= 0.3 is 11.7 Å². The van der Waals surface area contributed by atoms with Crippen molar-refractivity contribution in [1.29, 1.82) is 0 Å². The number of hydrogen-bond donors (Lipinski definition) is 0. The SMILES string of the molecule is CC(C)(C)OC(=O)C12OCCc3ccccc3N1CCC2=O. The van der Waals surface area contributed by atoms with E-state index in [1.165, 1.54) is 0 Å². The average Bonchev–Trinajstić information content (AvgIpc) is 2.66. The molecule has 3 rings (SSSR count). The van der Waals surface area contributed by atoms with Crippen LogP contribution in [0.1, 0.15) is 32.8 Å². The van der Waals surface area contributed by atoms with Crippen LogP contribution >= 0.6 is 0 Å². The molecule has 2 aliphatic rings. The summed E-state index contributed by atoms with van der Waals surface area (Å²) in [5, 5.41) is 0. The predicted molar refractivity (Wildman–Crippen MR) is 81.6 cm³/mol. The first kappa shape index (κ1) is 15.0. The number of benzene rings is 1. The second-order valence-electron chi connectivity index (χ2n) is 6.70. The molecule has 22 heavy (non-hydrogen) atoms. The molecule has 1 unspecified atom stereocenters. The van der Waals surface area contributed by atoms with Gasteiger partial charge in [-0.15, -0.1) is 0 Å². The van der Waals surface area contributed by atoms with E-state index in [0.717, 1.165) is 11.3 Å². The lowest BCUT2D eigenvalue weighted by Gasteiger charge is -2.36. The molecule has 1 atom stereocenters. The Morgan fingerprint density at radius 3 is 2.73 bits per heavy atom. The summed E-state index contributed by atoms with van der Waals surface area (Å²) in [6, 6.07) is 7.80. The van der Waals surface area contributed by atoms with Crippen LogP contribution in [0, 0.1) is 0 Å². The van der Waals surface area contributed by atoms with Crippen LogP contribution in [0.3, 0.4) is 0 Å². The van der Waals surface area contributed by atoms with E-state index < -0.39 is 17.3 Å².